The minimum Gasteiger partial charge on any atom is -0.366 e. The highest BCUT2D eigenvalue weighted by Crippen LogP contribution is 2.30. The molecule has 0 aliphatic heterocycles. The molecule has 2 amide bonds. The number of nitrogens with zero attached hydrogens (tertiary/aromatic N) is 1. The summed E-state index contributed by atoms with van der Waals surface area (Å²) in [6.07, 6.45) is 1.48. The number of benzene rings is 2. The van der Waals surface area contributed by atoms with E-state index in [1.807, 2.05) is 0 Å². The number of aromatic nitrogens is 1. The number of hydrogen-bond acceptors (Lipinski definition) is 3. The van der Waals surface area contributed by atoms with Gasteiger partial charge in [0, 0.05) is 17.8 Å². The maximum atomic E-state index is 13.9. The summed E-state index contributed by atoms with van der Waals surface area (Å²) in [5, 5.41) is 2.69. The van der Waals surface area contributed by atoms with Crippen LogP contribution in [0.5, 0.6) is 0 Å². The number of carbonyl (C=O) groups excluding carboxylic acids is 2. The van der Waals surface area contributed by atoms with E-state index in [0.29, 0.717) is 16.8 Å². The minimum atomic E-state index is -0.938. The summed E-state index contributed by atoms with van der Waals surface area (Å²) >= 11 is 5.62. The topological polar surface area (TPSA) is 85.1 Å². The van der Waals surface area contributed by atoms with Crippen molar-refractivity contribution in [3.8, 4) is 11.1 Å². The van der Waals surface area contributed by atoms with Crippen molar-refractivity contribution in [3.63, 3.8) is 0 Å². The summed E-state index contributed by atoms with van der Waals surface area (Å²) in [4.78, 5) is 27.9. The zero-order chi connectivity index (χ0) is 22.5. The monoisotopic (exact) mass is 447 g/mol. The second kappa shape index (κ2) is 9.61. The van der Waals surface area contributed by atoms with Gasteiger partial charge in [0.25, 0.3) is 5.91 Å². The van der Waals surface area contributed by atoms with Crippen molar-refractivity contribution in [2.45, 2.75) is 12.5 Å². The van der Waals surface area contributed by atoms with Gasteiger partial charge in [0.2, 0.25) is 5.91 Å². The number of halogens is 4. The van der Waals surface area contributed by atoms with Gasteiger partial charge in [0.15, 0.2) is 0 Å². The van der Waals surface area contributed by atoms with Crippen LogP contribution in [-0.2, 0) is 11.2 Å². The maximum Gasteiger partial charge on any atom is 0.251 e. The molecule has 0 spiro atoms. The Morgan fingerprint density at radius 1 is 1.06 bits per heavy atom. The quantitative estimate of drug-likeness (QED) is 0.539. The molecule has 3 N–H and O–H groups in total. The van der Waals surface area contributed by atoms with Crippen LogP contribution in [0, 0.1) is 17.5 Å². The molecule has 1 heterocycles. The molecule has 160 valence electrons. The molecule has 1 aromatic heterocycles. The third kappa shape index (κ3) is 5.40. The summed E-state index contributed by atoms with van der Waals surface area (Å²) in [5.74, 6) is -4.09. The fourth-order valence-corrected chi connectivity index (χ4v) is 3.31. The predicted octanol–water partition coefficient (Wildman–Crippen LogP) is 3.90. The van der Waals surface area contributed by atoms with E-state index >= 15 is 0 Å². The maximum absolute atomic E-state index is 13.9. The molecule has 0 fully saturated rings. The first-order valence-electron chi connectivity index (χ1n) is 9.13. The number of hydrogen-bond donors (Lipinski definition) is 2. The van der Waals surface area contributed by atoms with Crippen LogP contribution in [0.3, 0.4) is 0 Å². The minimum absolute atomic E-state index is 0.00515. The van der Waals surface area contributed by atoms with Crippen LogP contribution in [0.4, 0.5) is 13.2 Å². The zero-order valence-corrected chi connectivity index (χ0v) is 16.8. The Morgan fingerprint density at radius 2 is 1.77 bits per heavy atom. The molecule has 9 heteroatoms. The molecule has 31 heavy (non-hydrogen) atoms. The molecule has 0 saturated heterocycles. The van der Waals surface area contributed by atoms with Crippen molar-refractivity contribution in [3.05, 3.63) is 89.0 Å². The third-order valence-corrected chi connectivity index (χ3v) is 4.77. The molecule has 3 aromatic rings. The number of rotatable bonds is 7. The highest BCUT2D eigenvalue weighted by Gasteiger charge is 2.22. The SMILES string of the molecule is NC(=O)c1cc(-c2cccnc2[C@H](Cc2cc(F)cc(F)c2)NC(=O)CCl)ccc1F. The number of pyridine rings is 1. The number of alkyl halides is 1. The average molecular weight is 448 g/mol. The second-order valence-corrected chi connectivity index (χ2v) is 7.00. The molecule has 5 nitrogen and oxygen atoms in total. The summed E-state index contributed by atoms with van der Waals surface area (Å²) < 4.78 is 41.3. The van der Waals surface area contributed by atoms with E-state index in [2.05, 4.69) is 10.3 Å². The lowest BCUT2D eigenvalue weighted by molar-refractivity contribution is -0.119. The fraction of sp³-hybridized carbons (Fsp3) is 0.136. The van der Waals surface area contributed by atoms with E-state index in [1.165, 1.54) is 18.3 Å². The molecule has 1 atom stereocenters. The summed E-state index contributed by atoms with van der Waals surface area (Å²) in [6, 6.07) is 9.31. The van der Waals surface area contributed by atoms with Crippen LogP contribution in [0.1, 0.15) is 27.7 Å². The van der Waals surface area contributed by atoms with E-state index in [0.717, 1.165) is 24.3 Å². The Morgan fingerprint density at radius 3 is 2.42 bits per heavy atom. The highest BCUT2D eigenvalue weighted by molar-refractivity contribution is 6.27. The van der Waals surface area contributed by atoms with Crippen LogP contribution in [-0.4, -0.2) is 22.7 Å². The van der Waals surface area contributed by atoms with E-state index in [-0.39, 0.29) is 23.4 Å². The Bertz CT molecular complexity index is 1120. The van der Waals surface area contributed by atoms with Gasteiger partial charge >= 0.3 is 0 Å². The van der Waals surface area contributed by atoms with Crippen molar-refractivity contribution in [2.75, 3.05) is 5.88 Å². The zero-order valence-electron chi connectivity index (χ0n) is 16.0. The Balaban J connectivity index is 2.09. The van der Waals surface area contributed by atoms with E-state index < -0.39 is 35.3 Å². The lowest BCUT2D eigenvalue weighted by Crippen LogP contribution is -2.31. The molecule has 0 unspecified atom stereocenters. The first kappa shape index (κ1) is 22.3. The molecule has 0 saturated carbocycles. The number of amides is 2. The first-order chi connectivity index (χ1) is 14.8. The molecule has 0 aliphatic rings. The van der Waals surface area contributed by atoms with E-state index in [1.54, 1.807) is 12.1 Å². The van der Waals surface area contributed by atoms with Gasteiger partial charge < -0.3 is 11.1 Å². The Labute approximate surface area is 181 Å². The number of nitrogens with two attached hydrogens (primary N) is 1. The number of primary amides is 1. The van der Waals surface area contributed by atoms with Crippen LogP contribution >= 0.6 is 11.6 Å². The largest absolute Gasteiger partial charge is 0.366 e. The van der Waals surface area contributed by atoms with Crippen LogP contribution in [0.2, 0.25) is 0 Å². The number of carbonyl (C=O) groups is 2. The van der Waals surface area contributed by atoms with Gasteiger partial charge in [-0.25, -0.2) is 13.2 Å². The van der Waals surface area contributed by atoms with Gasteiger partial charge in [-0.15, -0.1) is 11.6 Å². The van der Waals surface area contributed by atoms with E-state index in [9.17, 15) is 22.8 Å². The van der Waals surface area contributed by atoms with Gasteiger partial charge in [-0.3, -0.25) is 14.6 Å². The first-order valence-corrected chi connectivity index (χ1v) is 9.67. The molecule has 3 rings (SSSR count). The van der Waals surface area contributed by atoms with Crippen LogP contribution < -0.4 is 11.1 Å². The van der Waals surface area contributed by atoms with Gasteiger partial charge in [0.1, 0.15) is 23.3 Å². The number of nitrogens with one attached hydrogen (secondary N) is 1. The predicted molar refractivity (Wildman–Crippen MR) is 110 cm³/mol. The normalized spacial score (nSPS) is 11.7. The summed E-state index contributed by atoms with van der Waals surface area (Å²) in [7, 11) is 0. The van der Waals surface area contributed by atoms with Gasteiger partial charge in [-0.1, -0.05) is 12.1 Å². The van der Waals surface area contributed by atoms with Gasteiger partial charge in [-0.05, 0) is 47.9 Å². The average Bonchev–Trinajstić information content (AvgIpc) is 2.72. The molecular formula is C22H17ClF3N3O2. The van der Waals surface area contributed by atoms with Crippen molar-refractivity contribution in [1.29, 1.82) is 0 Å². The van der Waals surface area contributed by atoms with Gasteiger partial charge in [-0.2, -0.15) is 0 Å². The van der Waals surface area contributed by atoms with Crippen LogP contribution in [0.15, 0.2) is 54.7 Å². The fourth-order valence-electron chi connectivity index (χ4n) is 3.23. The van der Waals surface area contributed by atoms with Gasteiger partial charge in [0.05, 0.1) is 17.3 Å². The van der Waals surface area contributed by atoms with Crippen molar-refractivity contribution in [1.82, 2.24) is 10.3 Å². The smallest absolute Gasteiger partial charge is 0.251 e. The standard InChI is InChI=1S/C22H17ClF3N3O2/c23-11-20(30)29-19(8-12-6-14(24)10-15(25)7-12)21-16(2-1-5-28-21)13-3-4-18(26)17(9-13)22(27)31/h1-7,9-10,19H,8,11H2,(H2,27,31)(H,29,30)/t19-/m0/s1. The molecule has 0 radical (unpaired) electrons. The Hall–Kier alpha value is -3.39. The third-order valence-electron chi connectivity index (χ3n) is 4.53. The lowest BCUT2D eigenvalue weighted by atomic mass is 9.94. The summed E-state index contributed by atoms with van der Waals surface area (Å²) in [6.45, 7) is 0. The van der Waals surface area contributed by atoms with Crippen molar-refractivity contribution < 1.29 is 22.8 Å². The second-order valence-electron chi connectivity index (χ2n) is 6.73. The molecule has 2 aromatic carbocycles. The molecular weight excluding hydrogens is 431 g/mol. The van der Waals surface area contributed by atoms with Crippen LogP contribution in [0.25, 0.3) is 11.1 Å². The lowest BCUT2D eigenvalue weighted by Gasteiger charge is -2.21. The Kier molecular flexibility index (Phi) is 6.91. The van der Waals surface area contributed by atoms with Crippen molar-refractivity contribution >= 4 is 23.4 Å². The molecule has 0 aliphatic carbocycles. The van der Waals surface area contributed by atoms with E-state index in [4.69, 9.17) is 17.3 Å². The summed E-state index contributed by atoms with van der Waals surface area (Å²) in [5.41, 5.74) is 6.45. The van der Waals surface area contributed by atoms with Crippen molar-refractivity contribution in [2.24, 2.45) is 5.73 Å². The molecule has 0 bridgehead atoms. The highest BCUT2D eigenvalue weighted by atomic mass is 35.5.